The molecule has 0 bridgehead atoms. The number of rotatable bonds is 15. The van der Waals surface area contributed by atoms with Crippen LogP contribution in [-0.4, -0.2) is 6.61 Å². The van der Waals surface area contributed by atoms with Crippen LogP contribution in [0.3, 0.4) is 0 Å². The number of ether oxygens (including phenoxy) is 2. The molecule has 2 nitrogen and oxygen atoms in total. The van der Waals surface area contributed by atoms with Gasteiger partial charge in [0.2, 0.25) is 0 Å². The molecule has 0 unspecified atom stereocenters. The molecule has 6 heteroatoms. The van der Waals surface area contributed by atoms with E-state index in [1.54, 1.807) is 0 Å². The molecule has 78 heavy (non-hydrogen) atoms. The highest BCUT2D eigenvalue weighted by Crippen LogP contribution is 2.59. The Hall–Kier alpha value is -6.92. The average Bonchev–Trinajstić information content (AvgIpc) is 4.01. The lowest BCUT2D eigenvalue weighted by molar-refractivity contribution is 0.304. The van der Waals surface area contributed by atoms with Crippen molar-refractivity contribution in [3.05, 3.63) is 243 Å². The highest BCUT2D eigenvalue weighted by Gasteiger charge is 2.48. The third-order valence-electron chi connectivity index (χ3n) is 14.6. The first-order valence-corrected chi connectivity index (χ1v) is 29.6. The Labute approximate surface area is 495 Å². The van der Waals surface area contributed by atoms with Crippen molar-refractivity contribution in [2.75, 3.05) is 6.61 Å². The number of hydrogen-bond acceptors (Lipinski definition) is 2. The first-order valence-electron chi connectivity index (χ1n) is 26.4. The van der Waals surface area contributed by atoms with E-state index in [4.69, 9.17) is 15.9 Å². The highest BCUT2D eigenvalue weighted by atomic mass is 79.9. The first kappa shape index (κ1) is 55.8. The minimum atomic E-state index is -0.578. The summed E-state index contributed by atoms with van der Waals surface area (Å²) in [5.41, 5.74) is 16.6. The quantitative estimate of drug-likeness (QED) is 0.0752. The molecule has 0 saturated heterocycles. The molecule has 10 rings (SSSR count). The molecular weight excluding hydrogens is 1220 g/mol. The summed E-state index contributed by atoms with van der Waals surface area (Å²) in [4.78, 5) is 0. The number of unbranched alkanes of at least 4 members (excludes halogenated alkanes) is 7. The molecule has 0 heterocycles. The average molecular weight is 1270 g/mol. The van der Waals surface area contributed by atoms with Crippen LogP contribution < -0.4 is 9.47 Å². The van der Waals surface area contributed by atoms with E-state index in [2.05, 4.69) is 296 Å². The van der Waals surface area contributed by atoms with Crippen LogP contribution in [0.4, 0.5) is 0 Å². The van der Waals surface area contributed by atoms with Crippen molar-refractivity contribution in [2.24, 2.45) is 0 Å². The molecule has 0 aliphatic heterocycles. The van der Waals surface area contributed by atoms with E-state index in [-0.39, 0.29) is 5.41 Å². The van der Waals surface area contributed by atoms with E-state index in [0.29, 0.717) is 5.75 Å². The summed E-state index contributed by atoms with van der Waals surface area (Å²) in [6.45, 7) is 7.28. The van der Waals surface area contributed by atoms with Gasteiger partial charge in [-0.05, 0) is 184 Å². The van der Waals surface area contributed by atoms with Crippen LogP contribution in [0, 0.1) is 73.7 Å². The predicted octanol–water partition coefficient (Wildman–Crippen LogP) is 19.3. The molecule has 8 aromatic carbocycles. The topological polar surface area (TPSA) is 18.5 Å². The van der Waals surface area contributed by atoms with Crippen LogP contribution in [0.25, 0.3) is 22.3 Å². The van der Waals surface area contributed by atoms with Gasteiger partial charge in [0.25, 0.3) is 0 Å². The van der Waals surface area contributed by atoms with Crippen molar-refractivity contribution >= 4 is 63.7 Å². The van der Waals surface area contributed by atoms with Gasteiger partial charge in [-0.1, -0.05) is 224 Å². The SMILES string of the molecule is C#CC#CC#CC#CC#COc1ccc(C2(c3ccc(OCCCCCCCCCC)cc3)c3cc(Br)ccc3-c3ccc(Br)cc32)cc1.Cc1ccc(C2(c3ccc(C)cc3)c3cc(Br)ccc3-c3ccc(Br)cc32)cc1. The fraction of sp³-hybridized carbons (Fsp3) is 0.194. The van der Waals surface area contributed by atoms with Gasteiger partial charge in [0.1, 0.15) is 17.6 Å². The van der Waals surface area contributed by atoms with E-state index < -0.39 is 5.41 Å². The zero-order chi connectivity index (χ0) is 54.5. The smallest absolute Gasteiger partial charge is 0.140 e. The van der Waals surface area contributed by atoms with Gasteiger partial charge in [-0.2, -0.15) is 0 Å². The van der Waals surface area contributed by atoms with Crippen LogP contribution >= 0.6 is 63.7 Å². The summed E-state index contributed by atoms with van der Waals surface area (Å²) in [5, 5.41) is 0. The van der Waals surface area contributed by atoms with Crippen LogP contribution in [0.1, 0.15) is 114 Å². The van der Waals surface area contributed by atoms with Crippen molar-refractivity contribution in [1.82, 2.24) is 0 Å². The highest BCUT2D eigenvalue weighted by molar-refractivity contribution is 9.11. The number of benzene rings is 8. The molecule has 0 saturated carbocycles. The van der Waals surface area contributed by atoms with Gasteiger partial charge in [-0.3, -0.25) is 0 Å². The number of fused-ring (bicyclic) bond motifs is 6. The van der Waals surface area contributed by atoms with Crippen molar-refractivity contribution in [1.29, 1.82) is 0 Å². The Morgan fingerprint density at radius 2 is 0.718 bits per heavy atom. The van der Waals surface area contributed by atoms with Crippen molar-refractivity contribution in [2.45, 2.75) is 83.0 Å². The minimum Gasteiger partial charge on any atom is -0.494 e. The van der Waals surface area contributed by atoms with Crippen LogP contribution in [0.5, 0.6) is 11.5 Å². The Morgan fingerprint density at radius 1 is 0.385 bits per heavy atom. The lowest BCUT2D eigenvalue weighted by Gasteiger charge is -2.34. The molecule has 2 aliphatic carbocycles. The second-order valence-corrected chi connectivity index (χ2v) is 23.2. The molecular formula is C72H56Br4O2. The second kappa shape index (κ2) is 26.2. The molecule has 8 aromatic rings. The summed E-state index contributed by atoms with van der Waals surface area (Å²) in [6.07, 6.45) is 17.9. The van der Waals surface area contributed by atoms with Gasteiger partial charge in [-0.15, -0.1) is 6.42 Å². The Kier molecular flexibility index (Phi) is 18.7. The van der Waals surface area contributed by atoms with E-state index in [1.165, 1.54) is 112 Å². The number of hydrogen-bond donors (Lipinski definition) is 0. The van der Waals surface area contributed by atoms with E-state index in [9.17, 15) is 0 Å². The summed E-state index contributed by atoms with van der Waals surface area (Å²) < 4.78 is 16.2. The molecule has 0 radical (unpaired) electrons. The van der Waals surface area contributed by atoms with E-state index in [1.807, 2.05) is 12.1 Å². The molecule has 384 valence electrons. The third kappa shape index (κ3) is 12.0. The second-order valence-electron chi connectivity index (χ2n) is 19.6. The minimum absolute atomic E-state index is 0.348. The Balaban J connectivity index is 0.000000215. The zero-order valence-electron chi connectivity index (χ0n) is 43.9. The largest absolute Gasteiger partial charge is 0.494 e. The maximum atomic E-state index is 6.21. The van der Waals surface area contributed by atoms with E-state index >= 15 is 0 Å². The summed E-state index contributed by atoms with van der Waals surface area (Å²) in [6, 6.07) is 61.3. The summed E-state index contributed by atoms with van der Waals surface area (Å²) in [7, 11) is 0. The van der Waals surface area contributed by atoms with Gasteiger partial charge in [0.05, 0.1) is 17.4 Å². The van der Waals surface area contributed by atoms with E-state index in [0.717, 1.165) is 47.8 Å². The Morgan fingerprint density at radius 3 is 1.10 bits per heavy atom. The van der Waals surface area contributed by atoms with Gasteiger partial charge < -0.3 is 9.47 Å². The normalized spacial score (nSPS) is 12.3. The summed E-state index contributed by atoms with van der Waals surface area (Å²) >= 11 is 15.0. The molecule has 0 atom stereocenters. The number of halogens is 4. The van der Waals surface area contributed by atoms with Gasteiger partial charge >= 0.3 is 0 Å². The maximum absolute atomic E-state index is 6.21. The van der Waals surface area contributed by atoms with Gasteiger partial charge in [0.15, 0.2) is 0 Å². The molecule has 0 spiro atoms. The summed E-state index contributed by atoms with van der Waals surface area (Å²) in [5.74, 6) is 21.6. The monoisotopic (exact) mass is 1270 g/mol. The van der Waals surface area contributed by atoms with Crippen molar-refractivity contribution in [3.63, 3.8) is 0 Å². The predicted molar refractivity (Wildman–Crippen MR) is 336 cm³/mol. The lowest BCUT2D eigenvalue weighted by atomic mass is 9.67. The van der Waals surface area contributed by atoms with Crippen LogP contribution in [0.2, 0.25) is 0 Å². The maximum Gasteiger partial charge on any atom is 0.140 e. The molecule has 0 fully saturated rings. The van der Waals surface area contributed by atoms with Gasteiger partial charge in [0, 0.05) is 41.6 Å². The third-order valence-corrected chi connectivity index (χ3v) is 16.6. The standard InChI is InChI=1S/C45H36Br2O2.C27H20Br2/c1-3-5-7-9-11-13-15-17-31-48-39-25-19-35(20-26-39)45(43-33-37(46)23-29-41(43)42-30-24-38(47)34-44(42)45)36-21-27-40(28-22-36)49-32-18-16-14-12-10-8-6-4-2;1-17-3-7-19(8-4-17)27(20-9-5-18(2)6-10-20)25-15-21(28)11-13-23(25)24-14-12-22(29)16-26(24)27/h1,19-30,33-34H,4,6,8,10,12,14,16,18,32H2,2H3;3-16H,1-2H3. The molecule has 0 aromatic heterocycles. The van der Waals surface area contributed by atoms with Gasteiger partial charge in [-0.25, -0.2) is 0 Å². The number of aryl methyl sites for hydroxylation is 2. The first-order chi connectivity index (χ1) is 38.1. The van der Waals surface area contributed by atoms with Crippen LogP contribution in [-0.2, 0) is 10.8 Å². The number of terminal acetylenes is 1. The Bertz CT molecular complexity index is 3610. The molecule has 0 amide bonds. The zero-order valence-corrected chi connectivity index (χ0v) is 50.3. The van der Waals surface area contributed by atoms with Crippen LogP contribution in [0.15, 0.2) is 188 Å². The van der Waals surface area contributed by atoms with Crippen molar-refractivity contribution in [3.8, 4) is 93.6 Å². The fourth-order valence-electron chi connectivity index (χ4n) is 11.0. The molecule has 2 aliphatic rings. The fourth-order valence-corrected chi connectivity index (χ4v) is 12.5. The molecule has 0 N–H and O–H groups in total. The van der Waals surface area contributed by atoms with Crippen molar-refractivity contribution < 1.29 is 9.47 Å². The lowest BCUT2D eigenvalue weighted by Crippen LogP contribution is -2.28.